The average Bonchev–Trinajstić information content (AvgIpc) is 2.13. The summed E-state index contributed by atoms with van der Waals surface area (Å²) < 4.78 is 5.93. The molecule has 0 aromatic heterocycles. The lowest BCUT2D eigenvalue weighted by molar-refractivity contribution is -0.139. The number of Topliss-reactive ketones (excluding diaryl/α,β-unsaturated/α-hetero) is 1. The molecule has 0 heterocycles. The number of hydrogen-bond donors (Lipinski definition) is 1. The van der Waals surface area contributed by atoms with Crippen LogP contribution in [0.4, 0.5) is 0 Å². The molecule has 0 aliphatic heterocycles. The number of hydroxylamine groups is 2. The van der Waals surface area contributed by atoms with Crippen LogP contribution >= 0.6 is 0 Å². The fourth-order valence-electron chi connectivity index (χ4n) is 1.19. The second kappa shape index (κ2) is 6.56. The standard InChI is InChI=1S/C12H25NO4Si/c1-12(2,3)18(5,6)17-11(7-8-14)10(15)9-13(4)16/h8,11,16H,7,9H2,1-6H3/t11-/m0/s1. The van der Waals surface area contributed by atoms with Gasteiger partial charge in [-0.2, -0.15) is 5.06 Å². The third kappa shape index (κ3) is 5.39. The topological polar surface area (TPSA) is 66.8 Å². The van der Waals surface area contributed by atoms with Gasteiger partial charge in [-0.05, 0) is 18.1 Å². The molecule has 0 radical (unpaired) electrons. The van der Waals surface area contributed by atoms with Crippen LogP contribution in [0.25, 0.3) is 0 Å². The average molecular weight is 275 g/mol. The number of hydrogen-bond acceptors (Lipinski definition) is 5. The number of carbonyl (C=O) groups excluding carboxylic acids is 2. The van der Waals surface area contributed by atoms with E-state index in [4.69, 9.17) is 9.63 Å². The molecule has 6 heteroatoms. The monoisotopic (exact) mass is 275 g/mol. The van der Waals surface area contributed by atoms with Gasteiger partial charge in [0.25, 0.3) is 0 Å². The molecule has 0 unspecified atom stereocenters. The van der Waals surface area contributed by atoms with Gasteiger partial charge in [0, 0.05) is 13.5 Å². The highest BCUT2D eigenvalue weighted by Gasteiger charge is 2.40. The molecule has 5 nitrogen and oxygen atoms in total. The highest BCUT2D eigenvalue weighted by atomic mass is 28.4. The number of aldehydes is 1. The first kappa shape index (κ1) is 17.4. The lowest BCUT2D eigenvalue weighted by Gasteiger charge is -2.38. The maximum atomic E-state index is 11.9. The van der Waals surface area contributed by atoms with Crippen LogP contribution in [-0.4, -0.2) is 50.4 Å². The molecule has 0 saturated carbocycles. The van der Waals surface area contributed by atoms with Crippen LogP contribution in [0.15, 0.2) is 0 Å². The quantitative estimate of drug-likeness (QED) is 0.436. The van der Waals surface area contributed by atoms with Gasteiger partial charge in [0.05, 0.1) is 6.54 Å². The van der Waals surface area contributed by atoms with Crippen LogP contribution in [0.5, 0.6) is 0 Å². The van der Waals surface area contributed by atoms with E-state index in [9.17, 15) is 9.59 Å². The molecular formula is C12H25NO4Si. The molecule has 0 saturated heterocycles. The van der Waals surface area contributed by atoms with E-state index >= 15 is 0 Å². The van der Waals surface area contributed by atoms with Crippen LogP contribution in [-0.2, 0) is 14.0 Å². The summed E-state index contributed by atoms with van der Waals surface area (Å²) in [5.41, 5.74) is 0. The first-order valence-electron chi connectivity index (χ1n) is 6.05. The Labute approximate surface area is 110 Å². The minimum absolute atomic E-state index is 0.0282. The number of ketones is 1. The van der Waals surface area contributed by atoms with Gasteiger partial charge >= 0.3 is 0 Å². The Hall–Kier alpha value is -0.563. The molecule has 106 valence electrons. The summed E-state index contributed by atoms with van der Waals surface area (Å²) in [7, 11) is -0.708. The Bertz CT molecular complexity index is 297. The summed E-state index contributed by atoms with van der Waals surface area (Å²) >= 11 is 0. The van der Waals surface area contributed by atoms with Crippen molar-refractivity contribution in [2.75, 3.05) is 13.6 Å². The molecular weight excluding hydrogens is 250 g/mol. The first-order valence-corrected chi connectivity index (χ1v) is 8.96. The van der Waals surface area contributed by atoms with Crippen molar-refractivity contribution >= 4 is 20.4 Å². The maximum Gasteiger partial charge on any atom is 0.193 e. The smallest absolute Gasteiger partial charge is 0.193 e. The number of likely N-dealkylation sites (N-methyl/N-ethyl adjacent to an activating group) is 1. The van der Waals surface area contributed by atoms with Gasteiger partial charge < -0.3 is 14.4 Å². The summed E-state index contributed by atoms with van der Waals surface area (Å²) in [6.45, 7) is 10.1. The predicted molar refractivity (Wildman–Crippen MR) is 72.2 cm³/mol. The van der Waals surface area contributed by atoms with E-state index in [0.717, 1.165) is 5.06 Å². The fourth-order valence-corrected chi connectivity index (χ4v) is 2.48. The molecule has 0 bridgehead atoms. The first-order chi connectivity index (χ1) is 8.01. The van der Waals surface area contributed by atoms with Crippen molar-refractivity contribution < 1.29 is 19.2 Å². The third-order valence-electron chi connectivity index (χ3n) is 3.30. The normalized spacial score (nSPS) is 14.7. The van der Waals surface area contributed by atoms with Gasteiger partial charge in [-0.15, -0.1) is 0 Å². The Morgan fingerprint density at radius 1 is 1.44 bits per heavy atom. The van der Waals surface area contributed by atoms with E-state index in [2.05, 4.69) is 20.8 Å². The van der Waals surface area contributed by atoms with E-state index in [1.807, 2.05) is 13.1 Å². The molecule has 18 heavy (non-hydrogen) atoms. The Kier molecular flexibility index (Phi) is 6.35. The third-order valence-corrected chi connectivity index (χ3v) is 7.78. The van der Waals surface area contributed by atoms with Crippen LogP contribution in [0, 0.1) is 0 Å². The molecule has 1 N–H and O–H groups in total. The number of nitrogens with zero attached hydrogens (tertiary/aromatic N) is 1. The number of rotatable bonds is 7. The van der Waals surface area contributed by atoms with Gasteiger partial charge in [0.15, 0.2) is 14.1 Å². The summed E-state index contributed by atoms with van der Waals surface area (Å²) in [5.74, 6) is -0.267. The van der Waals surface area contributed by atoms with Crippen molar-refractivity contribution in [2.45, 2.75) is 51.4 Å². The molecule has 0 rings (SSSR count). The molecule has 0 amide bonds. The van der Waals surface area contributed by atoms with Crippen molar-refractivity contribution in [2.24, 2.45) is 0 Å². The molecule has 0 spiro atoms. The predicted octanol–water partition coefficient (Wildman–Crippen LogP) is 1.86. The fraction of sp³-hybridized carbons (Fsp3) is 0.833. The van der Waals surface area contributed by atoms with Crippen molar-refractivity contribution in [3.8, 4) is 0 Å². The summed E-state index contributed by atoms with van der Waals surface area (Å²) in [4.78, 5) is 22.5. The van der Waals surface area contributed by atoms with Crippen molar-refractivity contribution in [1.29, 1.82) is 0 Å². The second-order valence-corrected chi connectivity index (χ2v) is 10.8. The van der Waals surface area contributed by atoms with E-state index in [1.165, 1.54) is 7.05 Å². The second-order valence-electron chi connectivity index (χ2n) is 6.05. The number of carbonyl (C=O) groups is 2. The van der Waals surface area contributed by atoms with Gasteiger partial charge in [0.1, 0.15) is 12.4 Å². The minimum Gasteiger partial charge on any atom is -0.406 e. The molecule has 0 aromatic carbocycles. The van der Waals surface area contributed by atoms with E-state index in [0.29, 0.717) is 6.29 Å². The molecule has 0 fully saturated rings. The lowest BCUT2D eigenvalue weighted by atomic mass is 10.2. The minimum atomic E-state index is -2.10. The Morgan fingerprint density at radius 3 is 2.28 bits per heavy atom. The molecule has 0 aliphatic carbocycles. The highest BCUT2D eigenvalue weighted by molar-refractivity contribution is 6.74. The Balaban J connectivity index is 4.82. The van der Waals surface area contributed by atoms with Gasteiger partial charge in [0.2, 0.25) is 0 Å². The van der Waals surface area contributed by atoms with Crippen LogP contribution < -0.4 is 0 Å². The van der Waals surface area contributed by atoms with Crippen LogP contribution in [0.3, 0.4) is 0 Å². The SMILES string of the molecule is CN(O)CC(=O)[C@H](CC=O)O[Si](C)(C)C(C)(C)C. The van der Waals surface area contributed by atoms with Crippen molar-refractivity contribution in [1.82, 2.24) is 5.06 Å². The maximum absolute atomic E-state index is 11.9. The molecule has 0 aliphatic rings. The van der Waals surface area contributed by atoms with Crippen molar-refractivity contribution in [3.05, 3.63) is 0 Å². The zero-order chi connectivity index (χ0) is 14.6. The lowest BCUT2D eigenvalue weighted by Crippen LogP contribution is -2.47. The highest BCUT2D eigenvalue weighted by Crippen LogP contribution is 2.37. The zero-order valence-corrected chi connectivity index (χ0v) is 13.2. The van der Waals surface area contributed by atoms with Gasteiger partial charge in [-0.3, -0.25) is 4.79 Å². The van der Waals surface area contributed by atoms with Crippen molar-refractivity contribution in [3.63, 3.8) is 0 Å². The summed E-state index contributed by atoms with van der Waals surface area (Å²) in [6, 6.07) is 0. The summed E-state index contributed by atoms with van der Waals surface area (Å²) in [6.07, 6.45) is -0.0234. The van der Waals surface area contributed by atoms with Crippen LogP contribution in [0.1, 0.15) is 27.2 Å². The van der Waals surface area contributed by atoms with E-state index in [-0.39, 0.29) is 23.8 Å². The van der Waals surface area contributed by atoms with Gasteiger partial charge in [-0.1, -0.05) is 20.8 Å². The zero-order valence-electron chi connectivity index (χ0n) is 12.2. The molecule has 0 aromatic rings. The van der Waals surface area contributed by atoms with E-state index < -0.39 is 14.4 Å². The van der Waals surface area contributed by atoms with Crippen LogP contribution in [0.2, 0.25) is 18.1 Å². The van der Waals surface area contributed by atoms with Gasteiger partial charge in [-0.25, -0.2) is 0 Å². The molecule has 1 atom stereocenters. The largest absolute Gasteiger partial charge is 0.406 e. The Morgan fingerprint density at radius 2 is 1.94 bits per heavy atom. The van der Waals surface area contributed by atoms with E-state index in [1.54, 1.807) is 0 Å². The summed E-state index contributed by atoms with van der Waals surface area (Å²) in [5, 5.41) is 9.85.